The van der Waals surface area contributed by atoms with Gasteiger partial charge in [-0.3, -0.25) is 9.88 Å². The Hall–Kier alpha value is -1.86. The van der Waals surface area contributed by atoms with Gasteiger partial charge in [0.25, 0.3) is 0 Å². The van der Waals surface area contributed by atoms with Crippen LogP contribution in [-0.4, -0.2) is 64.7 Å². The van der Waals surface area contributed by atoms with Gasteiger partial charge in [0, 0.05) is 38.4 Å². The Labute approximate surface area is 199 Å². The highest BCUT2D eigenvalue weighted by atomic mass is 35.5. The van der Waals surface area contributed by atoms with Crippen molar-refractivity contribution in [1.29, 1.82) is 0 Å². The molecule has 2 aliphatic rings. The minimum Gasteiger partial charge on any atom is -0.490 e. The molecule has 2 aliphatic heterocycles. The molecule has 2 aromatic rings. The summed E-state index contributed by atoms with van der Waals surface area (Å²) in [6.07, 6.45) is 6.17. The fourth-order valence-electron chi connectivity index (χ4n) is 4.62. The second kappa shape index (κ2) is 10.8. The summed E-state index contributed by atoms with van der Waals surface area (Å²) in [6.45, 7) is 5.78. The monoisotopic (exact) mass is 477 g/mol. The number of pyridine rings is 1. The van der Waals surface area contributed by atoms with Crippen molar-refractivity contribution >= 4 is 29.2 Å². The molecule has 2 saturated heterocycles. The SMILES string of the molecule is O=C(O)c1cccnc1CN1CCC(CN2CCC(Oc3ccc(Cl)c(Cl)c3)CC2)CC1. The van der Waals surface area contributed by atoms with Crippen molar-refractivity contribution in [3.05, 3.63) is 57.8 Å². The van der Waals surface area contributed by atoms with E-state index >= 15 is 0 Å². The summed E-state index contributed by atoms with van der Waals surface area (Å²) in [5, 5.41) is 10.4. The van der Waals surface area contributed by atoms with Gasteiger partial charge in [0.15, 0.2) is 0 Å². The molecule has 172 valence electrons. The first kappa shape index (κ1) is 23.3. The molecule has 6 nitrogen and oxygen atoms in total. The van der Waals surface area contributed by atoms with Crippen LogP contribution in [0.1, 0.15) is 41.7 Å². The van der Waals surface area contributed by atoms with Gasteiger partial charge >= 0.3 is 5.97 Å². The van der Waals surface area contributed by atoms with E-state index in [2.05, 4.69) is 14.8 Å². The molecule has 8 heteroatoms. The van der Waals surface area contributed by atoms with Crippen molar-refractivity contribution in [3.63, 3.8) is 0 Å². The topological polar surface area (TPSA) is 65.9 Å². The van der Waals surface area contributed by atoms with E-state index in [1.807, 2.05) is 6.07 Å². The highest BCUT2D eigenvalue weighted by Gasteiger charge is 2.26. The van der Waals surface area contributed by atoms with Crippen LogP contribution in [0.15, 0.2) is 36.5 Å². The zero-order valence-electron chi connectivity index (χ0n) is 18.1. The Kier molecular flexibility index (Phi) is 7.89. The lowest BCUT2D eigenvalue weighted by Crippen LogP contribution is -2.43. The van der Waals surface area contributed by atoms with Gasteiger partial charge in [-0.05, 0) is 69.0 Å². The summed E-state index contributed by atoms with van der Waals surface area (Å²) in [5.74, 6) is 0.556. The number of carboxylic acids is 1. The van der Waals surface area contributed by atoms with Gasteiger partial charge in [-0.25, -0.2) is 4.79 Å². The van der Waals surface area contributed by atoms with Gasteiger partial charge in [-0.15, -0.1) is 0 Å². The Morgan fingerprint density at radius 2 is 1.75 bits per heavy atom. The summed E-state index contributed by atoms with van der Waals surface area (Å²) >= 11 is 12.1. The van der Waals surface area contributed by atoms with Crippen molar-refractivity contribution in [1.82, 2.24) is 14.8 Å². The molecular formula is C24H29Cl2N3O3. The average molecular weight is 478 g/mol. The number of rotatable bonds is 7. The van der Waals surface area contributed by atoms with Crippen LogP contribution in [0.25, 0.3) is 0 Å². The first-order valence-electron chi connectivity index (χ1n) is 11.2. The number of benzene rings is 1. The number of aromatic carboxylic acids is 1. The van der Waals surface area contributed by atoms with Gasteiger partial charge in [0.05, 0.1) is 21.3 Å². The number of likely N-dealkylation sites (tertiary alicyclic amines) is 2. The van der Waals surface area contributed by atoms with E-state index in [0.717, 1.165) is 64.2 Å². The molecule has 0 atom stereocenters. The predicted molar refractivity (Wildman–Crippen MR) is 126 cm³/mol. The maximum absolute atomic E-state index is 11.4. The van der Waals surface area contributed by atoms with Crippen LogP contribution in [-0.2, 0) is 6.54 Å². The number of nitrogens with zero attached hydrogens (tertiary/aromatic N) is 3. The van der Waals surface area contributed by atoms with Crippen molar-refractivity contribution in [2.24, 2.45) is 5.92 Å². The summed E-state index contributed by atoms with van der Waals surface area (Å²) < 4.78 is 6.10. The molecule has 0 spiro atoms. The second-order valence-corrected chi connectivity index (χ2v) is 9.53. The normalized spacial score (nSPS) is 19.2. The first-order chi connectivity index (χ1) is 15.5. The largest absolute Gasteiger partial charge is 0.490 e. The number of halogens is 2. The lowest BCUT2D eigenvalue weighted by molar-refractivity contribution is 0.0690. The molecule has 0 radical (unpaired) electrons. The van der Waals surface area contributed by atoms with Crippen LogP contribution in [0.3, 0.4) is 0 Å². The van der Waals surface area contributed by atoms with E-state index in [4.69, 9.17) is 27.9 Å². The number of carbonyl (C=O) groups is 1. The molecule has 0 amide bonds. The Morgan fingerprint density at radius 1 is 1.03 bits per heavy atom. The van der Waals surface area contributed by atoms with Gasteiger partial charge < -0.3 is 14.7 Å². The predicted octanol–water partition coefficient (Wildman–Crippen LogP) is 4.84. The molecule has 3 heterocycles. The van der Waals surface area contributed by atoms with E-state index in [0.29, 0.717) is 33.8 Å². The molecule has 0 aliphatic carbocycles. The number of aromatic nitrogens is 1. The Balaban J connectivity index is 1.19. The smallest absolute Gasteiger partial charge is 0.337 e. The van der Waals surface area contributed by atoms with Crippen LogP contribution < -0.4 is 4.74 Å². The molecule has 1 aromatic heterocycles. The van der Waals surface area contributed by atoms with Crippen LogP contribution in [0, 0.1) is 5.92 Å². The highest BCUT2D eigenvalue weighted by molar-refractivity contribution is 6.42. The lowest BCUT2D eigenvalue weighted by Gasteiger charge is -2.37. The lowest BCUT2D eigenvalue weighted by atomic mass is 9.94. The standard InChI is InChI=1S/C24H29Cl2N3O3/c25-21-4-3-19(14-22(21)26)32-18-7-12-28(13-8-18)15-17-5-10-29(11-6-17)16-23-20(24(30)31)2-1-9-27-23/h1-4,9,14,17-18H,5-8,10-13,15-16H2,(H,30,31). The first-order valence-corrected chi connectivity index (χ1v) is 12.0. The molecular weight excluding hydrogens is 449 g/mol. The molecule has 2 fully saturated rings. The fraction of sp³-hybridized carbons (Fsp3) is 0.500. The van der Waals surface area contributed by atoms with Gasteiger partial charge in [0.2, 0.25) is 0 Å². The summed E-state index contributed by atoms with van der Waals surface area (Å²) in [6, 6.07) is 8.74. The maximum atomic E-state index is 11.4. The number of piperidine rings is 2. The average Bonchev–Trinajstić information content (AvgIpc) is 2.79. The van der Waals surface area contributed by atoms with Crippen molar-refractivity contribution < 1.29 is 14.6 Å². The molecule has 0 unspecified atom stereocenters. The minimum atomic E-state index is -0.908. The Morgan fingerprint density at radius 3 is 2.44 bits per heavy atom. The summed E-state index contributed by atoms with van der Waals surface area (Å²) in [5.41, 5.74) is 0.961. The zero-order chi connectivity index (χ0) is 22.5. The minimum absolute atomic E-state index is 0.215. The second-order valence-electron chi connectivity index (χ2n) is 8.72. The number of hydrogen-bond acceptors (Lipinski definition) is 5. The fourth-order valence-corrected chi connectivity index (χ4v) is 4.90. The van der Waals surface area contributed by atoms with Crippen molar-refractivity contribution in [2.45, 2.75) is 38.3 Å². The van der Waals surface area contributed by atoms with E-state index < -0.39 is 5.97 Å². The van der Waals surface area contributed by atoms with Crippen LogP contribution in [0.5, 0.6) is 5.75 Å². The third-order valence-corrected chi connectivity index (χ3v) is 7.19. The van der Waals surface area contributed by atoms with Crippen LogP contribution in [0.4, 0.5) is 0 Å². The van der Waals surface area contributed by atoms with Gasteiger partial charge in [0.1, 0.15) is 11.9 Å². The van der Waals surface area contributed by atoms with E-state index in [-0.39, 0.29) is 6.10 Å². The quantitative estimate of drug-likeness (QED) is 0.615. The van der Waals surface area contributed by atoms with Crippen LogP contribution >= 0.6 is 23.2 Å². The highest BCUT2D eigenvalue weighted by Crippen LogP contribution is 2.29. The molecule has 0 saturated carbocycles. The van der Waals surface area contributed by atoms with Crippen LogP contribution in [0.2, 0.25) is 10.0 Å². The Bertz CT molecular complexity index is 926. The van der Waals surface area contributed by atoms with E-state index in [1.165, 1.54) is 0 Å². The third-order valence-electron chi connectivity index (χ3n) is 6.45. The van der Waals surface area contributed by atoms with E-state index in [1.54, 1.807) is 30.5 Å². The number of carboxylic acid groups (broad SMARTS) is 1. The van der Waals surface area contributed by atoms with Gasteiger partial charge in [-0.2, -0.15) is 0 Å². The molecule has 1 N–H and O–H groups in total. The molecule has 4 rings (SSSR count). The van der Waals surface area contributed by atoms with Crippen molar-refractivity contribution in [3.8, 4) is 5.75 Å². The number of ether oxygens (including phenoxy) is 1. The maximum Gasteiger partial charge on any atom is 0.337 e. The zero-order valence-corrected chi connectivity index (χ0v) is 19.6. The summed E-state index contributed by atoms with van der Waals surface area (Å²) in [7, 11) is 0. The van der Waals surface area contributed by atoms with Gasteiger partial charge in [-0.1, -0.05) is 23.2 Å². The molecule has 1 aromatic carbocycles. The van der Waals surface area contributed by atoms with Crippen molar-refractivity contribution in [2.75, 3.05) is 32.7 Å². The summed E-state index contributed by atoms with van der Waals surface area (Å²) in [4.78, 5) is 20.6. The number of hydrogen-bond donors (Lipinski definition) is 1. The molecule has 32 heavy (non-hydrogen) atoms. The third kappa shape index (κ3) is 6.13. The van der Waals surface area contributed by atoms with E-state index in [9.17, 15) is 9.90 Å². The molecule has 0 bridgehead atoms.